The first-order valence-electron chi connectivity index (χ1n) is 5.59. The molecule has 0 amide bonds. The zero-order chi connectivity index (χ0) is 12.3. The van der Waals surface area contributed by atoms with Gasteiger partial charge >= 0.3 is 0 Å². The Morgan fingerprint density at radius 2 is 2.12 bits per heavy atom. The number of rotatable bonds is 3. The third kappa shape index (κ3) is 2.57. The fourth-order valence-corrected chi connectivity index (χ4v) is 3.30. The zero-order valence-electron chi connectivity index (χ0n) is 9.54. The lowest BCUT2D eigenvalue weighted by atomic mass is 10.2. The second kappa shape index (κ2) is 5.00. The number of nitrogens with zero attached hydrogens (tertiary/aromatic N) is 1. The summed E-state index contributed by atoms with van der Waals surface area (Å²) in [5, 5.41) is 0. The van der Waals surface area contributed by atoms with Crippen LogP contribution in [0.2, 0.25) is 0 Å². The average Bonchev–Trinajstić information content (AvgIpc) is 2.40. The van der Waals surface area contributed by atoms with Crippen LogP contribution < -0.4 is 5.73 Å². The third-order valence-electron chi connectivity index (χ3n) is 2.79. The predicted octanol–water partition coefficient (Wildman–Crippen LogP) is 1.10. The molecule has 1 aromatic carbocycles. The summed E-state index contributed by atoms with van der Waals surface area (Å²) in [7, 11) is -3.37. The SMILES string of the molecule is NCc1cccc(S(=O)(=O)N2CC=CCC2)c1. The molecular formula is C12H16N2O2S. The van der Waals surface area contributed by atoms with Gasteiger partial charge in [-0.15, -0.1) is 0 Å². The maximum Gasteiger partial charge on any atom is 0.243 e. The predicted molar refractivity (Wildman–Crippen MR) is 66.8 cm³/mol. The van der Waals surface area contributed by atoms with Gasteiger partial charge in [-0.05, 0) is 24.1 Å². The van der Waals surface area contributed by atoms with Gasteiger partial charge in [-0.25, -0.2) is 8.42 Å². The average molecular weight is 252 g/mol. The van der Waals surface area contributed by atoms with Crippen molar-refractivity contribution in [3.63, 3.8) is 0 Å². The fraction of sp³-hybridized carbons (Fsp3) is 0.333. The van der Waals surface area contributed by atoms with Crippen LogP contribution in [0.15, 0.2) is 41.3 Å². The molecule has 0 aromatic heterocycles. The highest BCUT2D eigenvalue weighted by molar-refractivity contribution is 7.89. The van der Waals surface area contributed by atoms with Crippen molar-refractivity contribution in [3.8, 4) is 0 Å². The summed E-state index contributed by atoms with van der Waals surface area (Å²) in [5.41, 5.74) is 6.35. The van der Waals surface area contributed by atoms with Crippen molar-refractivity contribution in [3.05, 3.63) is 42.0 Å². The first-order valence-corrected chi connectivity index (χ1v) is 7.03. The summed E-state index contributed by atoms with van der Waals surface area (Å²) in [6.07, 6.45) is 4.66. The van der Waals surface area contributed by atoms with Crippen LogP contribution in [0, 0.1) is 0 Å². The van der Waals surface area contributed by atoms with E-state index >= 15 is 0 Å². The van der Waals surface area contributed by atoms with Crippen molar-refractivity contribution in [1.29, 1.82) is 0 Å². The topological polar surface area (TPSA) is 63.4 Å². The molecule has 0 aliphatic carbocycles. The van der Waals surface area contributed by atoms with Gasteiger partial charge < -0.3 is 5.73 Å². The zero-order valence-corrected chi connectivity index (χ0v) is 10.4. The van der Waals surface area contributed by atoms with Crippen LogP contribution in [-0.2, 0) is 16.6 Å². The summed E-state index contributed by atoms with van der Waals surface area (Å²) < 4.78 is 26.1. The molecule has 4 nitrogen and oxygen atoms in total. The van der Waals surface area contributed by atoms with E-state index in [2.05, 4.69) is 0 Å². The molecule has 0 radical (unpaired) electrons. The summed E-state index contributed by atoms with van der Waals surface area (Å²) in [5.74, 6) is 0. The largest absolute Gasteiger partial charge is 0.326 e. The standard InChI is InChI=1S/C12H16N2O2S/c13-10-11-5-4-6-12(9-11)17(15,16)14-7-2-1-3-8-14/h1-2,4-6,9H,3,7-8,10,13H2. The number of hydrogen-bond donors (Lipinski definition) is 1. The van der Waals surface area contributed by atoms with Crippen LogP contribution in [0.5, 0.6) is 0 Å². The molecule has 1 heterocycles. The Kier molecular flexibility index (Phi) is 3.61. The Balaban J connectivity index is 2.33. The van der Waals surface area contributed by atoms with Crippen molar-refractivity contribution < 1.29 is 8.42 Å². The summed E-state index contributed by atoms with van der Waals surface area (Å²) in [6, 6.07) is 6.82. The van der Waals surface area contributed by atoms with Gasteiger partial charge in [0, 0.05) is 19.6 Å². The molecule has 0 fully saturated rings. The Hall–Kier alpha value is -1.17. The number of sulfonamides is 1. The minimum Gasteiger partial charge on any atom is -0.326 e. The normalized spacial score (nSPS) is 17.2. The maximum absolute atomic E-state index is 12.3. The molecule has 0 saturated heterocycles. The van der Waals surface area contributed by atoms with E-state index in [0.29, 0.717) is 24.5 Å². The number of benzene rings is 1. The van der Waals surface area contributed by atoms with E-state index in [1.54, 1.807) is 18.2 Å². The first kappa shape index (κ1) is 12.3. The van der Waals surface area contributed by atoms with Crippen LogP contribution >= 0.6 is 0 Å². The van der Waals surface area contributed by atoms with Crippen molar-refractivity contribution in [1.82, 2.24) is 4.31 Å². The molecule has 0 saturated carbocycles. The Morgan fingerprint density at radius 1 is 1.29 bits per heavy atom. The quantitative estimate of drug-likeness (QED) is 0.819. The molecule has 1 aliphatic heterocycles. The molecule has 0 unspecified atom stereocenters. The monoisotopic (exact) mass is 252 g/mol. The second-order valence-electron chi connectivity index (χ2n) is 3.97. The fourth-order valence-electron chi connectivity index (χ4n) is 1.82. The van der Waals surface area contributed by atoms with Crippen molar-refractivity contribution in [2.75, 3.05) is 13.1 Å². The van der Waals surface area contributed by atoms with Gasteiger partial charge in [-0.3, -0.25) is 0 Å². The van der Waals surface area contributed by atoms with Crippen molar-refractivity contribution in [2.24, 2.45) is 5.73 Å². The van der Waals surface area contributed by atoms with Gasteiger partial charge in [0.15, 0.2) is 0 Å². The van der Waals surface area contributed by atoms with E-state index in [9.17, 15) is 8.42 Å². The Morgan fingerprint density at radius 3 is 2.76 bits per heavy atom. The van der Waals surface area contributed by atoms with E-state index in [-0.39, 0.29) is 0 Å². The summed E-state index contributed by atoms with van der Waals surface area (Å²) in [4.78, 5) is 0.329. The van der Waals surface area contributed by atoms with Crippen LogP contribution in [-0.4, -0.2) is 25.8 Å². The van der Waals surface area contributed by atoms with Gasteiger partial charge in [0.2, 0.25) is 10.0 Å². The summed E-state index contributed by atoms with van der Waals surface area (Å²) in [6.45, 7) is 1.35. The van der Waals surface area contributed by atoms with E-state index in [1.807, 2.05) is 18.2 Å². The molecule has 5 heteroatoms. The molecule has 0 bridgehead atoms. The van der Waals surface area contributed by atoms with E-state index in [4.69, 9.17) is 5.73 Å². The molecule has 1 aliphatic rings. The van der Waals surface area contributed by atoms with Crippen LogP contribution in [0.4, 0.5) is 0 Å². The first-order chi connectivity index (χ1) is 8.14. The van der Waals surface area contributed by atoms with Gasteiger partial charge in [-0.1, -0.05) is 24.3 Å². The molecule has 1 aromatic rings. The van der Waals surface area contributed by atoms with Gasteiger partial charge in [0.25, 0.3) is 0 Å². The minimum atomic E-state index is -3.37. The molecule has 0 spiro atoms. The molecule has 17 heavy (non-hydrogen) atoms. The van der Waals surface area contributed by atoms with E-state index in [1.165, 1.54) is 4.31 Å². The number of nitrogens with two attached hydrogens (primary N) is 1. The molecule has 92 valence electrons. The Bertz CT molecular complexity index is 523. The second-order valence-corrected chi connectivity index (χ2v) is 5.91. The number of hydrogen-bond acceptors (Lipinski definition) is 3. The van der Waals surface area contributed by atoms with Crippen LogP contribution in [0.25, 0.3) is 0 Å². The lowest BCUT2D eigenvalue weighted by Gasteiger charge is -2.22. The van der Waals surface area contributed by atoms with Gasteiger partial charge in [0.05, 0.1) is 4.90 Å². The molecule has 2 N–H and O–H groups in total. The van der Waals surface area contributed by atoms with Crippen LogP contribution in [0.3, 0.4) is 0 Å². The lowest BCUT2D eigenvalue weighted by Crippen LogP contribution is -2.33. The molecule has 2 rings (SSSR count). The molecular weight excluding hydrogens is 236 g/mol. The van der Waals surface area contributed by atoms with E-state index in [0.717, 1.165) is 12.0 Å². The highest BCUT2D eigenvalue weighted by atomic mass is 32.2. The van der Waals surface area contributed by atoms with Crippen LogP contribution in [0.1, 0.15) is 12.0 Å². The highest BCUT2D eigenvalue weighted by Crippen LogP contribution is 2.18. The molecule has 0 atom stereocenters. The van der Waals surface area contributed by atoms with Crippen molar-refractivity contribution >= 4 is 10.0 Å². The third-order valence-corrected chi connectivity index (χ3v) is 4.65. The van der Waals surface area contributed by atoms with Crippen molar-refractivity contribution in [2.45, 2.75) is 17.9 Å². The van der Waals surface area contributed by atoms with E-state index < -0.39 is 10.0 Å². The maximum atomic E-state index is 12.3. The van der Waals surface area contributed by atoms with Gasteiger partial charge in [0.1, 0.15) is 0 Å². The van der Waals surface area contributed by atoms with Gasteiger partial charge in [-0.2, -0.15) is 4.31 Å². The smallest absolute Gasteiger partial charge is 0.243 e. The lowest BCUT2D eigenvalue weighted by molar-refractivity contribution is 0.437. The minimum absolute atomic E-state index is 0.329. The Labute approximate surface area is 102 Å². The highest BCUT2D eigenvalue weighted by Gasteiger charge is 2.24. The summed E-state index contributed by atoms with van der Waals surface area (Å²) >= 11 is 0.